The number of rotatable bonds is 5. The summed E-state index contributed by atoms with van der Waals surface area (Å²) < 4.78 is 33.4. The second kappa shape index (κ2) is 8.54. The van der Waals surface area contributed by atoms with Crippen molar-refractivity contribution >= 4 is 27.6 Å². The van der Waals surface area contributed by atoms with Crippen LogP contribution in [0.4, 0.5) is 0 Å². The van der Waals surface area contributed by atoms with E-state index in [2.05, 4.69) is 5.32 Å². The zero-order valence-corrected chi connectivity index (χ0v) is 17.5. The smallest absolute Gasteiger partial charge is 0.329 e. The number of carbonyl (C=O) groups is 3. The molecule has 1 saturated heterocycles. The minimum Gasteiger partial charge on any atom is -0.459 e. The number of nitrogens with zero attached hydrogens (tertiary/aromatic N) is 1. The highest BCUT2D eigenvalue weighted by Gasteiger charge is 2.37. The second-order valence-corrected chi connectivity index (χ2v) is 9.90. The number of carbonyl (C=O) groups excluding carboxylic acids is 3. The van der Waals surface area contributed by atoms with Gasteiger partial charge in [0.1, 0.15) is 6.04 Å². The number of hydrogen-bond donors (Lipinski definition) is 1. The maximum Gasteiger partial charge on any atom is 0.329 e. The highest BCUT2D eigenvalue weighted by Crippen LogP contribution is 2.26. The van der Waals surface area contributed by atoms with Gasteiger partial charge in [-0.25, -0.2) is 13.2 Å². The molecule has 0 spiro atoms. The van der Waals surface area contributed by atoms with Gasteiger partial charge < -0.3 is 19.4 Å². The Labute approximate surface area is 179 Å². The topological polar surface area (TPSA) is 123 Å². The predicted molar refractivity (Wildman–Crippen MR) is 109 cm³/mol. The van der Waals surface area contributed by atoms with Gasteiger partial charge in [0, 0.05) is 19.0 Å². The molecule has 164 valence electrons. The van der Waals surface area contributed by atoms with Crippen molar-refractivity contribution in [1.82, 2.24) is 10.2 Å². The number of esters is 1. The molecule has 10 heteroatoms. The molecule has 1 aromatic heterocycles. The summed E-state index contributed by atoms with van der Waals surface area (Å²) in [6, 6.07) is 9.22. The molecular formula is C21H22N2O7S. The molecule has 1 N–H and O–H groups in total. The molecule has 0 bridgehead atoms. The molecule has 0 radical (unpaired) electrons. The van der Waals surface area contributed by atoms with Crippen LogP contribution in [0.15, 0.2) is 47.1 Å². The Morgan fingerprint density at radius 3 is 2.58 bits per heavy atom. The van der Waals surface area contributed by atoms with E-state index in [-0.39, 0.29) is 30.2 Å². The van der Waals surface area contributed by atoms with Crippen molar-refractivity contribution in [3.05, 3.63) is 59.5 Å². The maximum absolute atomic E-state index is 12.9. The van der Waals surface area contributed by atoms with Gasteiger partial charge in [-0.15, -0.1) is 0 Å². The van der Waals surface area contributed by atoms with Crippen LogP contribution in [0.25, 0.3) is 0 Å². The molecule has 1 aromatic carbocycles. The number of benzene rings is 1. The van der Waals surface area contributed by atoms with E-state index in [4.69, 9.17) is 9.15 Å². The number of fused-ring (bicyclic) bond motifs is 1. The van der Waals surface area contributed by atoms with Gasteiger partial charge in [0.05, 0.1) is 17.8 Å². The number of amides is 2. The Bertz CT molecular complexity index is 1090. The minimum atomic E-state index is -3.13. The van der Waals surface area contributed by atoms with E-state index in [9.17, 15) is 22.8 Å². The van der Waals surface area contributed by atoms with Gasteiger partial charge in [-0.3, -0.25) is 9.59 Å². The first-order valence-electron chi connectivity index (χ1n) is 9.90. The van der Waals surface area contributed by atoms with Crippen LogP contribution in [-0.4, -0.2) is 61.3 Å². The SMILES string of the molecule is O=C(COC(=O)C1Cc2ccccc2CN1C(=O)c1ccco1)NC1CCS(=O)(=O)C1. The summed E-state index contributed by atoms with van der Waals surface area (Å²) in [7, 11) is -3.13. The molecule has 2 aliphatic heterocycles. The normalized spacial score (nSPS) is 21.9. The molecule has 31 heavy (non-hydrogen) atoms. The summed E-state index contributed by atoms with van der Waals surface area (Å²) in [5, 5.41) is 2.57. The van der Waals surface area contributed by atoms with Crippen molar-refractivity contribution in [3.8, 4) is 0 Å². The first kappa shape index (κ1) is 21.1. The van der Waals surface area contributed by atoms with E-state index < -0.39 is 46.3 Å². The fourth-order valence-electron chi connectivity index (χ4n) is 3.90. The fraction of sp³-hybridized carbons (Fsp3) is 0.381. The van der Waals surface area contributed by atoms with Crippen molar-refractivity contribution < 1.29 is 32.0 Å². The molecule has 0 aliphatic carbocycles. The van der Waals surface area contributed by atoms with Crippen molar-refractivity contribution in [2.45, 2.75) is 31.5 Å². The molecule has 2 aromatic rings. The van der Waals surface area contributed by atoms with Crippen LogP contribution in [0.3, 0.4) is 0 Å². The number of sulfone groups is 1. The van der Waals surface area contributed by atoms with E-state index in [1.165, 1.54) is 17.2 Å². The van der Waals surface area contributed by atoms with Gasteiger partial charge in [0.2, 0.25) is 0 Å². The van der Waals surface area contributed by atoms with Gasteiger partial charge in [-0.1, -0.05) is 24.3 Å². The molecule has 0 saturated carbocycles. The van der Waals surface area contributed by atoms with Crippen LogP contribution in [-0.2, 0) is 37.1 Å². The van der Waals surface area contributed by atoms with E-state index >= 15 is 0 Å². The Hall–Kier alpha value is -3.14. The van der Waals surface area contributed by atoms with Gasteiger partial charge in [0.15, 0.2) is 22.2 Å². The number of ether oxygens (including phenoxy) is 1. The van der Waals surface area contributed by atoms with Gasteiger partial charge >= 0.3 is 5.97 Å². The van der Waals surface area contributed by atoms with Crippen LogP contribution in [0.5, 0.6) is 0 Å². The third-order valence-corrected chi connectivity index (χ3v) is 7.22. The summed E-state index contributed by atoms with van der Waals surface area (Å²) in [6.45, 7) is -0.335. The Morgan fingerprint density at radius 1 is 1.13 bits per heavy atom. The molecule has 2 aliphatic rings. The third-order valence-electron chi connectivity index (χ3n) is 5.46. The summed E-state index contributed by atoms with van der Waals surface area (Å²) in [5.41, 5.74) is 1.85. The largest absolute Gasteiger partial charge is 0.459 e. The molecule has 2 amide bonds. The quantitative estimate of drug-likeness (QED) is 0.671. The minimum absolute atomic E-state index is 0.0308. The van der Waals surface area contributed by atoms with E-state index in [0.29, 0.717) is 6.42 Å². The second-order valence-electron chi connectivity index (χ2n) is 7.67. The van der Waals surface area contributed by atoms with Crippen molar-refractivity contribution in [2.24, 2.45) is 0 Å². The maximum atomic E-state index is 12.9. The zero-order valence-electron chi connectivity index (χ0n) is 16.7. The van der Waals surface area contributed by atoms with E-state index in [1.54, 1.807) is 6.07 Å². The first-order valence-corrected chi connectivity index (χ1v) is 11.7. The van der Waals surface area contributed by atoms with Gasteiger partial charge in [-0.2, -0.15) is 0 Å². The molecule has 2 atom stereocenters. The monoisotopic (exact) mass is 446 g/mol. The average molecular weight is 446 g/mol. The molecule has 3 heterocycles. The molecule has 2 unspecified atom stereocenters. The average Bonchev–Trinajstić information content (AvgIpc) is 3.40. The van der Waals surface area contributed by atoms with Crippen LogP contribution in [0.2, 0.25) is 0 Å². The Balaban J connectivity index is 1.43. The highest BCUT2D eigenvalue weighted by atomic mass is 32.2. The van der Waals surface area contributed by atoms with Crippen LogP contribution in [0, 0.1) is 0 Å². The Morgan fingerprint density at radius 2 is 1.90 bits per heavy atom. The molecule has 9 nitrogen and oxygen atoms in total. The molecule has 4 rings (SSSR count). The summed E-state index contributed by atoms with van der Waals surface area (Å²) in [4.78, 5) is 39.2. The number of nitrogens with one attached hydrogen (secondary N) is 1. The zero-order chi connectivity index (χ0) is 22.0. The van der Waals surface area contributed by atoms with Gasteiger partial charge in [-0.05, 0) is 29.7 Å². The number of hydrogen-bond acceptors (Lipinski definition) is 7. The predicted octanol–water partition coefficient (Wildman–Crippen LogP) is 0.693. The summed E-state index contributed by atoms with van der Waals surface area (Å²) in [5.74, 6) is -1.70. The lowest BCUT2D eigenvalue weighted by Gasteiger charge is -2.34. The van der Waals surface area contributed by atoms with Crippen LogP contribution in [0.1, 0.15) is 28.1 Å². The lowest BCUT2D eigenvalue weighted by Crippen LogP contribution is -2.50. The number of furan rings is 1. The highest BCUT2D eigenvalue weighted by molar-refractivity contribution is 7.91. The van der Waals surface area contributed by atoms with E-state index in [1.807, 2.05) is 24.3 Å². The Kier molecular flexibility index (Phi) is 5.81. The lowest BCUT2D eigenvalue weighted by molar-refractivity contribution is -0.153. The van der Waals surface area contributed by atoms with E-state index in [0.717, 1.165) is 11.1 Å². The first-order chi connectivity index (χ1) is 14.8. The third kappa shape index (κ3) is 4.79. The lowest BCUT2D eigenvalue weighted by atomic mass is 9.93. The molecule has 1 fully saturated rings. The standard InChI is InChI=1S/C21H22N2O7S/c24-19(22-16-7-9-31(27,28)13-16)12-30-21(26)17-10-14-4-1-2-5-15(14)11-23(17)20(25)18-6-3-8-29-18/h1-6,8,16-17H,7,9-13H2,(H,22,24). The summed E-state index contributed by atoms with van der Waals surface area (Å²) in [6.07, 6.45) is 1.98. The van der Waals surface area contributed by atoms with Crippen LogP contribution < -0.4 is 5.32 Å². The summed E-state index contributed by atoms with van der Waals surface area (Å²) >= 11 is 0. The van der Waals surface area contributed by atoms with Crippen molar-refractivity contribution in [1.29, 1.82) is 0 Å². The van der Waals surface area contributed by atoms with Crippen molar-refractivity contribution in [3.63, 3.8) is 0 Å². The van der Waals surface area contributed by atoms with Crippen molar-refractivity contribution in [2.75, 3.05) is 18.1 Å². The molecular weight excluding hydrogens is 424 g/mol. The fourth-order valence-corrected chi connectivity index (χ4v) is 5.57. The van der Waals surface area contributed by atoms with Crippen LogP contribution >= 0.6 is 0 Å². The van der Waals surface area contributed by atoms with Gasteiger partial charge in [0.25, 0.3) is 11.8 Å².